The van der Waals surface area contributed by atoms with Gasteiger partial charge in [0.2, 0.25) is 0 Å². The van der Waals surface area contributed by atoms with Gasteiger partial charge in [0.15, 0.2) is 0 Å². The van der Waals surface area contributed by atoms with E-state index in [1.807, 2.05) is 6.92 Å². The Morgan fingerprint density at radius 2 is 0.612 bits per heavy atom. The third-order valence-corrected chi connectivity index (χ3v) is 16.1. The lowest BCUT2D eigenvalue weighted by Crippen LogP contribution is -2.34. The summed E-state index contributed by atoms with van der Waals surface area (Å²) in [6, 6.07) is 22.5. The van der Waals surface area contributed by atoms with Gasteiger partial charge in [-0.15, -0.1) is 0 Å². The van der Waals surface area contributed by atoms with Crippen LogP contribution in [0.5, 0.6) is 0 Å². The van der Waals surface area contributed by atoms with Crippen LogP contribution < -0.4 is 0 Å². The molecular formula is C75H104F10. The highest BCUT2D eigenvalue weighted by Crippen LogP contribution is 2.46. The lowest BCUT2D eigenvalue weighted by atomic mass is 9.91. The maximum Gasteiger partial charge on any atom is 0.458 e. The van der Waals surface area contributed by atoms with E-state index in [-0.39, 0.29) is 11.1 Å². The van der Waals surface area contributed by atoms with Crippen molar-refractivity contribution in [1.82, 2.24) is 0 Å². The van der Waals surface area contributed by atoms with Crippen LogP contribution in [-0.2, 0) is 37.3 Å². The summed E-state index contributed by atoms with van der Waals surface area (Å²) in [6.07, 6.45) is 1.66. The van der Waals surface area contributed by atoms with Gasteiger partial charge in [0.25, 0.3) is 5.92 Å². The molecule has 0 saturated heterocycles. The SMILES string of the molecule is CCCCCCc1cc(C)c(C)cc1C.CCCCc1cc(C)c(C(C)C)cc1C.CCc1cc(C)c(C)cc1C.Cc1cc(C(F)(F)C(F)(F)F)c(C)cc1C(C)(F)F.Cc1cc(C)c(C(C)C)cc1C.Cc1cc(C)c(C(F)(F)F)cc1C. The normalized spacial score (nSPS) is 11.6. The van der Waals surface area contributed by atoms with Crippen LogP contribution >= 0.6 is 0 Å². The van der Waals surface area contributed by atoms with E-state index in [4.69, 9.17) is 0 Å². The number of benzene rings is 6. The minimum absolute atomic E-state index is 0.288. The first kappa shape index (κ1) is 77.6. The Balaban J connectivity index is 0.000000514. The molecule has 0 aromatic heterocycles. The van der Waals surface area contributed by atoms with Crippen molar-refractivity contribution in [1.29, 1.82) is 0 Å². The van der Waals surface area contributed by atoms with Crippen LogP contribution in [0.2, 0.25) is 0 Å². The van der Waals surface area contributed by atoms with Gasteiger partial charge < -0.3 is 0 Å². The third kappa shape index (κ3) is 24.4. The van der Waals surface area contributed by atoms with Crippen LogP contribution in [0.1, 0.15) is 239 Å². The van der Waals surface area contributed by atoms with Crippen molar-refractivity contribution in [3.05, 3.63) is 206 Å². The average Bonchev–Trinajstić information content (AvgIpc) is 3.57. The third-order valence-electron chi connectivity index (χ3n) is 16.1. The fourth-order valence-electron chi connectivity index (χ4n) is 10.2. The second kappa shape index (κ2) is 34.2. The molecule has 0 aliphatic rings. The predicted molar refractivity (Wildman–Crippen MR) is 343 cm³/mol. The molecule has 0 saturated carbocycles. The Bertz CT molecular complexity index is 3050. The number of rotatable bonds is 13. The zero-order valence-electron chi connectivity index (χ0n) is 56.2. The molecule has 0 aliphatic carbocycles. The Kier molecular flexibility index (Phi) is 31.3. The molecule has 6 aromatic carbocycles. The molecule has 0 unspecified atom stereocenters. The first-order chi connectivity index (χ1) is 39.0. The quantitative estimate of drug-likeness (QED) is 0.0799. The fourth-order valence-corrected chi connectivity index (χ4v) is 10.2. The fraction of sp³-hybridized carbons (Fsp3) is 0.520. The Hall–Kier alpha value is -5.38. The van der Waals surface area contributed by atoms with Crippen LogP contribution in [0.15, 0.2) is 72.8 Å². The van der Waals surface area contributed by atoms with Crippen LogP contribution in [0, 0.1) is 111 Å². The monoisotopic (exact) mass is 1190 g/mol. The molecule has 0 atom stereocenters. The highest BCUT2D eigenvalue weighted by Gasteiger charge is 2.59. The van der Waals surface area contributed by atoms with Crippen molar-refractivity contribution >= 4 is 0 Å². The van der Waals surface area contributed by atoms with E-state index in [9.17, 15) is 43.9 Å². The van der Waals surface area contributed by atoms with Gasteiger partial charge in [0, 0.05) is 18.1 Å². The molecule has 0 amide bonds. The Morgan fingerprint density at radius 3 is 1.04 bits per heavy atom. The van der Waals surface area contributed by atoms with Gasteiger partial charge in [0.1, 0.15) is 0 Å². The van der Waals surface area contributed by atoms with Crippen molar-refractivity contribution in [2.24, 2.45) is 0 Å². The average molecular weight is 1200 g/mol. The van der Waals surface area contributed by atoms with E-state index in [1.54, 1.807) is 24.1 Å². The van der Waals surface area contributed by atoms with Gasteiger partial charge in [-0.3, -0.25) is 0 Å². The molecule has 0 radical (unpaired) electrons. The number of hydrogen-bond donors (Lipinski definition) is 0. The predicted octanol–water partition coefficient (Wildman–Crippen LogP) is 25.1. The Morgan fingerprint density at radius 1 is 0.306 bits per heavy atom. The van der Waals surface area contributed by atoms with Crippen molar-refractivity contribution in [2.45, 2.75) is 260 Å². The summed E-state index contributed by atoms with van der Waals surface area (Å²) < 4.78 is 127. The van der Waals surface area contributed by atoms with Crippen molar-refractivity contribution in [2.75, 3.05) is 0 Å². The van der Waals surface area contributed by atoms with E-state index in [1.165, 1.54) is 142 Å². The van der Waals surface area contributed by atoms with Crippen LogP contribution in [-0.4, -0.2) is 6.18 Å². The summed E-state index contributed by atoms with van der Waals surface area (Å²) in [4.78, 5) is 0. The smallest absolute Gasteiger partial charge is 0.202 e. The van der Waals surface area contributed by atoms with Gasteiger partial charge in [-0.1, -0.05) is 129 Å². The van der Waals surface area contributed by atoms with Gasteiger partial charge in [-0.25, -0.2) is 8.78 Å². The zero-order chi connectivity index (χ0) is 65.9. The van der Waals surface area contributed by atoms with E-state index >= 15 is 0 Å². The summed E-state index contributed by atoms with van der Waals surface area (Å²) in [7, 11) is 0. The lowest BCUT2D eigenvalue weighted by Gasteiger charge is -2.24. The topological polar surface area (TPSA) is 0 Å². The van der Waals surface area contributed by atoms with E-state index in [0.29, 0.717) is 36.5 Å². The molecule has 85 heavy (non-hydrogen) atoms. The van der Waals surface area contributed by atoms with E-state index in [2.05, 4.69) is 173 Å². The summed E-state index contributed by atoms with van der Waals surface area (Å²) in [6.45, 7) is 47.5. The van der Waals surface area contributed by atoms with E-state index in [0.717, 1.165) is 25.8 Å². The molecule has 0 aliphatic heterocycles. The van der Waals surface area contributed by atoms with Crippen molar-refractivity contribution in [3.63, 3.8) is 0 Å². The van der Waals surface area contributed by atoms with Gasteiger partial charge in [-0.05, 0) is 290 Å². The minimum atomic E-state index is -5.76. The van der Waals surface area contributed by atoms with Gasteiger partial charge in [0.05, 0.1) is 5.56 Å². The molecule has 6 rings (SSSR count). The van der Waals surface area contributed by atoms with Crippen LogP contribution in [0.25, 0.3) is 0 Å². The summed E-state index contributed by atoms with van der Waals surface area (Å²) >= 11 is 0. The molecule has 0 bridgehead atoms. The molecule has 10 heteroatoms. The van der Waals surface area contributed by atoms with Crippen molar-refractivity contribution < 1.29 is 43.9 Å². The first-order valence-corrected chi connectivity index (χ1v) is 30.4. The zero-order valence-corrected chi connectivity index (χ0v) is 56.2. The molecule has 0 spiro atoms. The maximum absolute atomic E-state index is 13.2. The number of aryl methyl sites for hydroxylation is 19. The largest absolute Gasteiger partial charge is 0.458 e. The number of hydrogen-bond acceptors (Lipinski definition) is 0. The molecule has 6 aromatic rings. The van der Waals surface area contributed by atoms with Crippen molar-refractivity contribution in [3.8, 4) is 0 Å². The highest BCUT2D eigenvalue weighted by atomic mass is 19.4. The van der Waals surface area contributed by atoms with Crippen LogP contribution in [0.3, 0.4) is 0 Å². The van der Waals surface area contributed by atoms with Gasteiger partial charge in [-0.2, -0.15) is 35.1 Å². The standard InChI is InChI=1S/2C15H24.C12H11F7.C12H18.C11H16.C10H11F3/c1-6-7-8-14-9-13(5)15(11(2)3)10-12(14)4;1-5-6-7-8-9-15-11-13(3)12(2)10-14(15)4;1-6-5-9(11(15,16)12(17,18)19)7(2)4-8(6)10(3,13)14;1-8(2)12-7-10(4)9(3)6-11(12)5;1-5-11-7-9(3)8(2)6-10(11)4;1-6-4-8(3)9(5-7(6)2)10(11,12)13/h9-11H,6-8H2,1-5H3;10-11H,5-9H2,1-4H3;4-5H,1-3H3;6-8H,1-5H3;6-7H,5H2,1-4H3;4-5H,1-3H3. The molecular weight excluding hydrogens is 1090 g/mol. The number of unbranched alkanes of at least 4 members (excludes halogenated alkanes) is 4. The Labute approximate surface area is 508 Å². The number of halogens is 10. The summed E-state index contributed by atoms with van der Waals surface area (Å²) in [5.74, 6) is -7.09. The van der Waals surface area contributed by atoms with Gasteiger partial charge >= 0.3 is 18.3 Å². The molecule has 474 valence electrons. The molecule has 0 N–H and O–H groups in total. The second-order valence-electron chi connectivity index (χ2n) is 24.4. The maximum atomic E-state index is 13.2. The highest BCUT2D eigenvalue weighted by molar-refractivity contribution is 5.44. The molecule has 0 fully saturated rings. The van der Waals surface area contributed by atoms with Crippen LogP contribution in [0.4, 0.5) is 43.9 Å². The molecule has 0 heterocycles. The lowest BCUT2D eigenvalue weighted by molar-refractivity contribution is -0.289. The minimum Gasteiger partial charge on any atom is -0.202 e. The number of alkyl halides is 10. The second-order valence-corrected chi connectivity index (χ2v) is 24.4. The summed E-state index contributed by atoms with van der Waals surface area (Å²) in [5, 5.41) is 0. The summed E-state index contributed by atoms with van der Waals surface area (Å²) in [5.41, 5.74) is 21.9. The first-order valence-electron chi connectivity index (χ1n) is 30.4. The molecule has 0 nitrogen and oxygen atoms in total. The van der Waals surface area contributed by atoms with E-state index < -0.39 is 46.5 Å².